The third kappa shape index (κ3) is 3.68. The first kappa shape index (κ1) is 17.8. The fraction of sp³-hybridized carbons (Fsp3) is 0.400. The van der Waals surface area contributed by atoms with Crippen molar-refractivity contribution in [1.29, 1.82) is 0 Å². The van der Waals surface area contributed by atoms with Crippen LogP contribution in [0.1, 0.15) is 30.6 Å². The molecule has 0 bridgehead atoms. The smallest absolute Gasteiger partial charge is 0.246 e. The van der Waals surface area contributed by atoms with Crippen molar-refractivity contribution in [3.8, 4) is 5.75 Å². The summed E-state index contributed by atoms with van der Waals surface area (Å²) >= 11 is 6.08. The summed E-state index contributed by atoms with van der Waals surface area (Å²) in [4.78, 5) is 0.0219. The first-order valence-electron chi connectivity index (χ1n) is 7.15. The van der Waals surface area contributed by atoms with E-state index in [0.717, 1.165) is 11.3 Å². The zero-order valence-corrected chi connectivity index (χ0v) is 15.1. The van der Waals surface area contributed by atoms with Crippen molar-refractivity contribution in [2.75, 3.05) is 7.11 Å². The summed E-state index contributed by atoms with van der Waals surface area (Å²) in [6.07, 6.45) is 0.600. The molecule has 23 heavy (non-hydrogen) atoms. The third-order valence-corrected chi connectivity index (χ3v) is 5.76. The number of sulfonamides is 1. The van der Waals surface area contributed by atoms with Crippen LogP contribution in [0.2, 0.25) is 5.15 Å². The van der Waals surface area contributed by atoms with Gasteiger partial charge in [0.1, 0.15) is 15.8 Å². The second-order valence-corrected chi connectivity index (χ2v) is 7.19. The van der Waals surface area contributed by atoms with Crippen molar-refractivity contribution in [2.24, 2.45) is 7.05 Å². The topological polar surface area (TPSA) is 73.2 Å². The molecule has 126 valence electrons. The number of aryl methyl sites for hydroxylation is 2. The van der Waals surface area contributed by atoms with Crippen LogP contribution < -0.4 is 9.46 Å². The molecule has 1 aromatic heterocycles. The zero-order chi connectivity index (χ0) is 17.2. The Morgan fingerprint density at radius 2 is 1.96 bits per heavy atom. The number of hydrogen-bond acceptors (Lipinski definition) is 4. The minimum atomic E-state index is -3.77. The predicted octanol–water partition coefficient (Wildman–Crippen LogP) is 2.82. The molecule has 1 aromatic carbocycles. The van der Waals surface area contributed by atoms with Crippen LogP contribution in [0.15, 0.2) is 29.2 Å². The lowest BCUT2D eigenvalue weighted by molar-refractivity contribution is 0.414. The Hall–Kier alpha value is -1.57. The fourth-order valence-corrected chi connectivity index (χ4v) is 4.44. The van der Waals surface area contributed by atoms with Crippen molar-refractivity contribution in [1.82, 2.24) is 14.5 Å². The fourth-order valence-electron chi connectivity index (χ4n) is 2.39. The van der Waals surface area contributed by atoms with E-state index in [4.69, 9.17) is 16.3 Å². The Kier molecular flexibility index (Phi) is 5.33. The Balaban J connectivity index is 2.33. The number of hydrogen-bond donors (Lipinski definition) is 1. The summed E-state index contributed by atoms with van der Waals surface area (Å²) in [5.74, 6) is 0.720. The molecule has 2 aromatic rings. The van der Waals surface area contributed by atoms with Crippen molar-refractivity contribution in [3.63, 3.8) is 0 Å². The summed E-state index contributed by atoms with van der Waals surface area (Å²) in [6, 6.07) is 6.92. The summed E-state index contributed by atoms with van der Waals surface area (Å²) < 4.78 is 34.5. The van der Waals surface area contributed by atoms with Gasteiger partial charge >= 0.3 is 0 Å². The number of nitrogens with zero attached hydrogens (tertiary/aromatic N) is 2. The van der Waals surface area contributed by atoms with E-state index in [1.165, 1.54) is 4.68 Å². The average molecular weight is 358 g/mol. The number of methoxy groups -OCH3 is 1. The van der Waals surface area contributed by atoms with Crippen LogP contribution in [-0.2, 0) is 17.1 Å². The van der Waals surface area contributed by atoms with E-state index in [0.29, 0.717) is 12.1 Å². The summed E-state index contributed by atoms with van der Waals surface area (Å²) in [7, 11) is -0.581. The molecule has 2 rings (SSSR count). The van der Waals surface area contributed by atoms with Crippen molar-refractivity contribution < 1.29 is 13.2 Å². The molecule has 1 unspecified atom stereocenters. The van der Waals surface area contributed by atoms with E-state index in [-0.39, 0.29) is 16.1 Å². The van der Waals surface area contributed by atoms with Gasteiger partial charge in [-0.2, -0.15) is 5.10 Å². The lowest BCUT2D eigenvalue weighted by atomic mass is 10.1. The summed E-state index contributed by atoms with van der Waals surface area (Å²) in [5, 5.41) is 4.15. The Morgan fingerprint density at radius 3 is 2.39 bits per heavy atom. The van der Waals surface area contributed by atoms with E-state index in [1.807, 2.05) is 19.1 Å². The molecular weight excluding hydrogens is 338 g/mol. The number of nitrogens with one attached hydrogen (secondary N) is 1. The molecule has 0 fully saturated rings. The summed E-state index contributed by atoms with van der Waals surface area (Å²) in [6.45, 7) is 3.53. The first-order chi connectivity index (χ1) is 10.8. The second-order valence-electron chi connectivity index (χ2n) is 5.18. The maximum atomic E-state index is 12.7. The highest BCUT2D eigenvalue weighted by Crippen LogP contribution is 2.27. The molecule has 1 N–H and O–H groups in total. The number of ether oxygens (including phenoxy) is 1. The van der Waals surface area contributed by atoms with Crippen molar-refractivity contribution >= 4 is 21.6 Å². The lowest BCUT2D eigenvalue weighted by Crippen LogP contribution is -2.28. The van der Waals surface area contributed by atoms with Crippen molar-refractivity contribution in [2.45, 2.75) is 31.2 Å². The standard InChI is InChI=1S/C15H20ClN3O3S/c1-5-13(11-6-8-12(22-4)9-7-11)18-23(20,21)14-10(2)17-19(3)15(14)16/h6-9,13,18H,5H2,1-4H3. The highest BCUT2D eigenvalue weighted by Gasteiger charge is 2.27. The van der Waals surface area contributed by atoms with E-state index < -0.39 is 10.0 Å². The molecule has 0 saturated heterocycles. The van der Waals surface area contributed by atoms with Gasteiger partial charge in [-0.1, -0.05) is 30.7 Å². The molecule has 1 atom stereocenters. The molecule has 0 aliphatic carbocycles. The van der Waals surface area contributed by atoms with Crippen molar-refractivity contribution in [3.05, 3.63) is 40.7 Å². The number of benzene rings is 1. The summed E-state index contributed by atoms with van der Waals surface area (Å²) in [5.41, 5.74) is 1.23. The maximum absolute atomic E-state index is 12.7. The molecule has 6 nitrogen and oxygen atoms in total. The Morgan fingerprint density at radius 1 is 1.35 bits per heavy atom. The Labute approximate surface area is 141 Å². The van der Waals surface area contributed by atoms with Gasteiger partial charge in [-0.3, -0.25) is 4.68 Å². The average Bonchev–Trinajstić information content (AvgIpc) is 2.78. The third-order valence-electron chi connectivity index (χ3n) is 3.59. The van der Waals surface area contributed by atoms with Crippen LogP contribution >= 0.6 is 11.6 Å². The van der Waals surface area contributed by atoms with Crippen LogP contribution in [0, 0.1) is 6.92 Å². The molecule has 0 amide bonds. The second kappa shape index (κ2) is 6.90. The van der Waals surface area contributed by atoms with Gasteiger partial charge < -0.3 is 4.74 Å². The SMILES string of the molecule is CCC(NS(=O)(=O)c1c(C)nn(C)c1Cl)c1ccc(OC)cc1. The monoisotopic (exact) mass is 357 g/mol. The largest absolute Gasteiger partial charge is 0.497 e. The van der Waals surface area contributed by atoms with Gasteiger partial charge in [0.2, 0.25) is 10.0 Å². The van der Waals surface area contributed by atoms with E-state index in [1.54, 1.807) is 33.2 Å². The van der Waals surface area contributed by atoms with Crippen LogP contribution in [0.4, 0.5) is 0 Å². The van der Waals surface area contributed by atoms with E-state index >= 15 is 0 Å². The minimum absolute atomic E-state index is 0.0219. The van der Waals surface area contributed by atoms with Gasteiger partial charge in [0.25, 0.3) is 0 Å². The number of aromatic nitrogens is 2. The van der Waals surface area contributed by atoms with Crippen LogP contribution in [-0.4, -0.2) is 25.3 Å². The van der Waals surface area contributed by atoms with Gasteiger partial charge in [-0.15, -0.1) is 0 Å². The number of halogens is 1. The van der Waals surface area contributed by atoms with E-state index in [9.17, 15) is 8.42 Å². The van der Waals surface area contributed by atoms with Gasteiger partial charge in [0.15, 0.2) is 0 Å². The van der Waals surface area contributed by atoms with Crippen LogP contribution in [0.25, 0.3) is 0 Å². The molecule has 0 radical (unpaired) electrons. The number of rotatable bonds is 6. The molecule has 0 aliphatic rings. The quantitative estimate of drug-likeness (QED) is 0.862. The normalized spacial score (nSPS) is 13.1. The molecule has 0 spiro atoms. The lowest BCUT2D eigenvalue weighted by Gasteiger charge is -2.18. The molecule has 0 saturated carbocycles. The molecule has 1 heterocycles. The van der Waals surface area contributed by atoms with Crippen LogP contribution in [0.3, 0.4) is 0 Å². The maximum Gasteiger partial charge on any atom is 0.246 e. The zero-order valence-electron chi connectivity index (χ0n) is 13.5. The molecular formula is C15H20ClN3O3S. The predicted molar refractivity (Wildman–Crippen MR) is 89.3 cm³/mol. The van der Waals surface area contributed by atoms with Gasteiger partial charge in [-0.05, 0) is 31.0 Å². The van der Waals surface area contributed by atoms with Gasteiger partial charge in [-0.25, -0.2) is 13.1 Å². The minimum Gasteiger partial charge on any atom is -0.497 e. The van der Waals surface area contributed by atoms with Gasteiger partial charge in [0, 0.05) is 13.1 Å². The Bertz CT molecular complexity index is 785. The van der Waals surface area contributed by atoms with E-state index in [2.05, 4.69) is 9.82 Å². The first-order valence-corrected chi connectivity index (χ1v) is 9.01. The highest BCUT2D eigenvalue weighted by atomic mass is 35.5. The molecule has 8 heteroatoms. The molecule has 0 aliphatic heterocycles. The highest BCUT2D eigenvalue weighted by molar-refractivity contribution is 7.89. The van der Waals surface area contributed by atoms with Gasteiger partial charge in [0.05, 0.1) is 12.8 Å². The van der Waals surface area contributed by atoms with Crippen LogP contribution in [0.5, 0.6) is 5.75 Å².